The number of imidazole rings is 1. The van der Waals surface area contributed by atoms with Crippen molar-refractivity contribution >= 4 is 16.7 Å². The Morgan fingerprint density at radius 2 is 2.10 bits per heavy atom. The van der Waals surface area contributed by atoms with Gasteiger partial charge >= 0.3 is 0 Å². The topological polar surface area (TPSA) is 77.0 Å². The van der Waals surface area contributed by atoms with E-state index in [1.807, 2.05) is 30.3 Å². The first-order valence-electron chi connectivity index (χ1n) is 6.57. The third-order valence-corrected chi connectivity index (χ3v) is 3.27. The number of nitrogens with two attached hydrogens (primary N) is 1. The van der Waals surface area contributed by atoms with Gasteiger partial charge in [0.2, 0.25) is 0 Å². The van der Waals surface area contributed by atoms with Crippen LogP contribution in [-0.2, 0) is 6.54 Å². The van der Waals surface area contributed by atoms with Gasteiger partial charge in [0.25, 0.3) is 0 Å². The van der Waals surface area contributed by atoms with Crippen molar-refractivity contribution in [1.82, 2.24) is 14.5 Å². The smallest absolute Gasteiger partial charge is 0.142 e. The maximum Gasteiger partial charge on any atom is 0.142 e. The van der Waals surface area contributed by atoms with Crippen molar-refractivity contribution in [3.8, 4) is 11.4 Å². The molecule has 0 fully saturated rings. The van der Waals surface area contributed by atoms with Gasteiger partial charge in [-0.15, -0.1) is 0 Å². The van der Waals surface area contributed by atoms with E-state index in [2.05, 4.69) is 14.5 Å². The van der Waals surface area contributed by atoms with E-state index >= 15 is 0 Å². The zero-order valence-electron chi connectivity index (χ0n) is 11.0. The van der Waals surface area contributed by atoms with Crippen LogP contribution < -0.4 is 5.73 Å². The largest absolute Gasteiger partial charge is 0.397 e. The summed E-state index contributed by atoms with van der Waals surface area (Å²) in [5.74, 6) is 0.833. The monoisotopic (exact) mass is 268 g/mol. The number of aryl methyl sites for hydroxylation is 1. The van der Waals surface area contributed by atoms with Crippen molar-refractivity contribution < 1.29 is 5.11 Å². The summed E-state index contributed by atoms with van der Waals surface area (Å²) < 4.78 is 2.08. The summed E-state index contributed by atoms with van der Waals surface area (Å²) in [5.41, 5.74) is 9.39. The Kier molecular flexibility index (Phi) is 3.35. The molecule has 0 bridgehead atoms. The van der Waals surface area contributed by atoms with Gasteiger partial charge in [-0.2, -0.15) is 0 Å². The van der Waals surface area contributed by atoms with E-state index in [1.165, 1.54) is 0 Å². The average Bonchev–Trinajstić information content (AvgIpc) is 2.86. The number of benzene rings is 1. The first kappa shape index (κ1) is 12.6. The predicted molar refractivity (Wildman–Crippen MR) is 79.1 cm³/mol. The number of para-hydroxylation sites is 1. The Hall–Kier alpha value is -2.40. The maximum absolute atomic E-state index is 9.08. The number of aromatic nitrogens is 3. The zero-order chi connectivity index (χ0) is 13.9. The van der Waals surface area contributed by atoms with Crippen LogP contribution in [0.15, 0.2) is 42.7 Å². The van der Waals surface area contributed by atoms with Gasteiger partial charge in [0, 0.05) is 31.1 Å². The lowest BCUT2D eigenvalue weighted by Crippen LogP contribution is -2.02. The molecule has 0 atom stereocenters. The second-order valence-corrected chi connectivity index (χ2v) is 4.62. The molecule has 0 saturated carbocycles. The number of hydrogen-bond donors (Lipinski definition) is 2. The highest BCUT2D eigenvalue weighted by atomic mass is 16.3. The molecule has 5 heteroatoms. The highest BCUT2D eigenvalue weighted by molar-refractivity contribution is 5.90. The predicted octanol–water partition coefficient (Wildman–Crippen LogP) is 2.06. The van der Waals surface area contributed by atoms with Crippen molar-refractivity contribution in [1.29, 1.82) is 0 Å². The van der Waals surface area contributed by atoms with Gasteiger partial charge in [0.15, 0.2) is 0 Å². The first-order valence-corrected chi connectivity index (χ1v) is 6.57. The van der Waals surface area contributed by atoms with Gasteiger partial charge < -0.3 is 15.4 Å². The van der Waals surface area contributed by atoms with Crippen LogP contribution in [0.4, 0.5) is 5.69 Å². The fourth-order valence-electron chi connectivity index (χ4n) is 2.34. The summed E-state index contributed by atoms with van der Waals surface area (Å²) in [5, 5.41) is 9.08. The molecule has 3 rings (SSSR count). The van der Waals surface area contributed by atoms with Gasteiger partial charge in [0.05, 0.1) is 11.2 Å². The van der Waals surface area contributed by atoms with Crippen molar-refractivity contribution in [2.75, 3.05) is 12.3 Å². The number of nitrogen functional groups attached to an aromatic ring is 1. The maximum atomic E-state index is 9.08. The van der Waals surface area contributed by atoms with Crippen molar-refractivity contribution in [2.24, 2.45) is 0 Å². The number of fused-ring (bicyclic) bond motifs is 1. The summed E-state index contributed by atoms with van der Waals surface area (Å²) in [4.78, 5) is 8.79. The molecule has 102 valence electrons. The highest BCUT2D eigenvalue weighted by Gasteiger charge is 2.13. The molecule has 0 radical (unpaired) electrons. The van der Waals surface area contributed by atoms with Crippen LogP contribution in [0.5, 0.6) is 0 Å². The van der Waals surface area contributed by atoms with Crippen LogP contribution in [0, 0.1) is 0 Å². The second-order valence-electron chi connectivity index (χ2n) is 4.62. The van der Waals surface area contributed by atoms with E-state index < -0.39 is 0 Å². The molecule has 0 aliphatic rings. The van der Waals surface area contributed by atoms with E-state index in [1.54, 1.807) is 12.4 Å². The van der Waals surface area contributed by atoms with E-state index in [0.29, 0.717) is 18.7 Å². The molecule has 0 aliphatic heterocycles. The molecule has 1 aromatic carbocycles. The van der Waals surface area contributed by atoms with Crippen LogP contribution in [0.3, 0.4) is 0 Å². The minimum Gasteiger partial charge on any atom is -0.397 e. The van der Waals surface area contributed by atoms with E-state index in [-0.39, 0.29) is 6.61 Å². The fraction of sp³-hybridized carbons (Fsp3) is 0.200. The van der Waals surface area contributed by atoms with E-state index in [9.17, 15) is 0 Å². The number of hydrogen-bond acceptors (Lipinski definition) is 4. The normalized spacial score (nSPS) is 11.1. The van der Waals surface area contributed by atoms with E-state index in [0.717, 1.165) is 22.4 Å². The molecule has 3 aromatic rings. The SMILES string of the molecule is Nc1cccc2c1nc(-c1cccnc1)n2CCCO. The van der Waals surface area contributed by atoms with Crippen LogP contribution in [0.25, 0.3) is 22.4 Å². The van der Waals surface area contributed by atoms with Gasteiger partial charge in [-0.25, -0.2) is 4.98 Å². The third-order valence-electron chi connectivity index (χ3n) is 3.27. The van der Waals surface area contributed by atoms with Gasteiger partial charge in [-0.3, -0.25) is 4.98 Å². The molecular formula is C15H16N4O. The summed E-state index contributed by atoms with van der Waals surface area (Å²) in [6.45, 7) is 0.842. The highest BCUT2D eigenvalue weighted by Crippen LogP contribution is 2.27. The Morgan fingerprint density at radius 3 is 2.85 bits per heavy atom. The molecule has 0 aliphatic carbocycles. The van der Waals surface area contributed by atoms with Crippen LogP contribution in [0.2, 0.25) is 0 Å². The molecule has 3 N–H and O–H groups in total. The Balaban J connectivity index is 2.22. The zero-order valence-corrected chi connectivity index (χ0v) is 11.0. The Labute approximate surface area is 116 Å². The fourth-order valence-corrected chi connectivity index (χ4v) is 2.34. The Morgan fingerprint density at radius 1 is 1.20 bits per heavy atom. The second kappa shape index (κ2) is 5.30. The number of aliphatic hydroxyl groups excluding tert-OH is 1. The molecule has 0 saturated heterocycles. The third kappa shape index (κ3) is 2.12. The van der Waals surface area contributed by atoms with Crippen LogP contribution >= 0.6 is 0 Å². The number of aliphatic hydroxyl groups is 1. The quantitative estimate of drug-likeness (QED) is 0.710. The molecule has 5 nitrogen and oxygen atoms in total. The average molecular weight is 268 g/mol. The van der Waals surface area contributed by atoms with Gasteiger partial charge in [-0.05, 0) is 30.7 Å². The molecular weight excluding hydrogens is 252 g/mol. The van der Waals surface area contributed by atoms with Crippen LogP contribution in [0.1, 0.15) is 6.42 Å². The lowest BCUT2D eigenvalue weighted by molar-refractivity contribution is 0.281. The van der Waals surface area contributed by atoms with Crippen molar-refractivity contribution in [3.05, 3.63) is 42.7 Å². The number of pyridine rings is 1. The number of nitrogens with zero attached hydrogens (tertiary/aromatic N) is 3. The summed E-state index contributed by atoms with van der Waals surface area (Å²) >= 11 is 0. The first-order chi connectivity index (χ1) is 9.81. The van der Waals surface area contributed by atoms with Gasteiger partial charge in [-0.1, -0.05) is 6.07 Å². The molecule has 2 heterocycles. The van der Waals surface area contributed by atoms with E-state index in [4.69, 9.17) is 10.8 Å². The molecule has 0 unspecified atom stereocenters. The summed E-state index contributed by atoms with van der Waals surface area (Å²) in [6.07, 6.45) is 4.19. The molecule has 0 amide bonds. The van der Waals surface area contributed by atoms with Crippen molar-refractivity contribution in [2.45, 2.75) is 13.0 Å². The standard InChI is InChI=1S/C15H16N4O/c16-12-5-1-6-13-14(12)18-15(19(13)8-3-9-20)11-4-2-7-17-10-11/h1-2,4-7,10,20H,3,8-9,16H2. The van der Waals surface area contributed by atoms with Crippen molar-refractivity contribution in [3.63, 3.8) is 0 Å². The molecule has 2 aromatic heterocycles. The summed E-state index contributed by atoms with van der Waals surface area (Å²) in [6, 6.07) is 9.62. The minimum absolute atomic E-state index is 0.147. The minimum atomic E-state index is 0.147. The molecule has 20 heavy (non-hydrogen) atoms. The molecule has 0 spiro atoms. The van der Waals surface area contributed by atoms with Gasteiger partial charge in [0.1, 0.15) is 11.3 Å². The summed E-state index contributed by atoms with van der Waals surface area (Å²) in [7, 11) is 0. The van der Waals surface area contributed by atoms with Crippen LogP contribution in [-0.4, -0.2) is 26.2 Å². The Bertz CT molecular complexity index is 721. The number of rotatable bonds is 4. The number of anilines is 1. The lowest BCUT2D eigenvalue weighted by Gasteiger charge is -2.08. The lowest BCUT2D eigenvalue weighted by atomic mass is 10.2.